The molecule has 1 aromatic carbocycles. The van der Waals surface area contributed by atoms with Gasteiger partial charge in [-0.2, -0.15) is 4.98 Å². The molecule has 0 atom stereocenters. The summed E-state index contributed by atoms with van der Waals surface area (Å²) in [6.07, 6.45) is 1.64. The van der Waals surface area contributed by atoms with Crippen LogP contribution in [0, 0.1) is 0 Å². The summed E-state index contributed by atoms with van der Waals surface area (Å²) in [7, 11) is 0. The van der Waals surface area contributed by atoms with Crippen LogP contribution in [0.25, 0.3) is 22.2 Å². The van der Waals surface area contributed by atoms with Crippen molar-refractivity contribution in [1.82, 2.24) is 19.9 Å². The van der Waals surface area contributed by atoms with Gasteiger partial charge in [-0.05, 0) is 17.7 Å². The Morgan fingerprint density at radius 3 is 2.74 bits per heavy atom. The minimum Gasteiger partial charge on any atom is -0.383 e. The van der Waals surface area contributed by atoms with Crippen LogP contribution in [0.5, 0.6) is 0 Å². The molecule has 5 N–H and O–H groups in total. The number of fused-ring (bicyclic) bond motifs is 1. The number of anilines is 3. The topological polar surface area (TPSA) is 119 Å². The van der Waals surface area contributed by atoms with E-state index in [0.29, 0.717) is 5.82 Å². The molecule has 0 unspecified atom stereocenters. The van der Waals surface area contributed by atoms with Gasteiger partial charge in [-0.15, -0.1) is 0 Å². The minimum absolute atomic E-state index is 0.170. The van der Waals surface area contributed by atoms with E-state index in [1.165, 1.54) is 0 Å². The molecule has 23 heavy (non-hydrogen) atoms. The Morgan fingerprint density at radius 1 is 1.13 bits per heavy atom. The van der Waals surface area contributed by atoms with Gasteiger partial charge in [-0.25, -0.2) is 9.97 Å². The summed E-state index contributed by atoms with van der Waals surface area (Å²) in [4.78, 5) is 18.2. The van der Waals surface area contributed by atoms with E-state index in [1.54, 1.807) is 6.20 Å². The van der Waals surface area contributed by atoms with Gasteiger partial charge in [0.1, 0.15) is 5.82 Å². The molecule has 8 heteroatoms. The largest absolute Gasteiger partial charge is 0.383 e. The van der Waals surface area contributed by atoms with Crippen LogP contribution in [-0.2, 0) is 4.74 Å². The van der Waals surface area contributed by atoms with Crippen molar-refractivity contribution in [2.45, 2.75) is 0 Å². The van der Waals surface area contributed by atoms with Crippen LogP contribution in [-0.4, -0.2) is 46.2 Å². The van der Waals surface area contributed by atoms with Crippen LogP contribution in [0.15, 0.2) is 24.4 Å². The van der Waals surface area contributed by atoms with Gasteiger partial charge in [0.2, 0.25) is 11.9 Å². The molecular weight excluding hydrogens is 294 g/mol. The van der Waals surface area contributed by atoms with Crippen LogP contribution >= 0.6 is 0 Å². The van der Waals surface area contributed by atoms with Crippen LogP contribution in [0.3, 0.4) is 0 Å². The molecule has 1 aliphatic rings. The zero-order valence-corrected chi connectivity index (χ0v) is 12.5. The molecule has 0 radical (unpaired) electrons. The summed E-state index contributed by atoms with van der Waals surface area (Å²) in [5.41, 5.74) is 15.0. The highest BCUT2D eigenvalue weighted by atomic mass is 16.5. The molecule has 1 saturated heterocycles. The average molecular weight is 311 g/mol. The molecule has 0 spiro atoms. The Bertz CT molecular complexity index is 854. The summed E-state index contributed by atoms with van der Waals surface area (Å²) in [6.45, 7) is 3.13. The first-order valence-corrected chi connectivity index (χ1v) is 7.41. The van der Waals surface area contributed by atoms with E-state index in [9.17, 15) is 0 Å². The van der Waals surface area contributed by atoms with E-state index >= 15 is 0 Å². The molecule has 0 aliphatic carbocycles. The number of aromatic nitrogens is 4. The number of nitrogens with one attached hydrogen (secondary N) is 1. The minimum atomic E-state index is 0.170. The number of nitrogens with two attached hydrogens (primary N) is 2. The molecule has 1 aliphatic heterocycles. The number of nitrogens with zero attached hydrogens (tertiary/aromatic N) is 4. The van der Waals surface area contributed by atoms with E-state index < -0.39 is 0 Å². The van der Waals surface area contributed by atoms with Crippen molar-refractivity contribution >= 4 is 28.7 Å². The molecule has 8 nitrogen and oxygen atoms in total. The highest BCUT2D eigenvalue weighted by Gasteiger charge is 2.15. The fourth-order valence-electron chi connectivity index (χ4n) is 2.72. The lowest BCUT2D eigenvalue weighted by molar-refractivity contribution is 0.122. The quantitative estimate of drug-likeness (QED) is 0.646. The van der Waals surface area contributed by atoms with Crippen molar-refractivity contribution < 1.29 is 4.74 Å². The van der Waals surface area contributed by atoms with E-state index in [0.717, 1.165) is 54.4 Å². The van der Waals surface area contributed by atoms with Gasteiger partial charge < -0.3 is 26.1 Å². The predicted octanol–water partition coefficient (Wildman–Crippen LogP) is 1.02. The van der Waals surface area contributed by atoms with Gasteiger partial charge in [-0.3, -0.25) is 0 Å². The second-order valence-electron chi connectivity index (χ2n) is 5.42. The third-order valence-corrected chi connectivity index (χ3v) is 3.93. The molecule has 2 aromatic heterocycles. The van der Waals surface area contributed by atoms with E-state index in [4.69, 9.17) is 16.2 Å². The molecule has 4 rings (SSSR count). The molecule has 3 heterocycles. The standard InChI is InChI=1S/C15H17N7O/c16-13-10(8-18-14(17)21-13)9-1-2-11-12(7-9)20-15(19-11)22-3-5-23-6-4-22/h1-2,7-8H,3-6H2,(H,19,20)(H4,16,17,18,21). The van der Waals surface area contributed by atoms with Gasteiger partial charge in [-0.1, -0.05) is 6.07 Å². The third kappa shape index (κ3) is 2.53. The van der Waals surface area contributed by atoms with Gasteiger partial charge in [0, 0.05) is 24.8 Å². The van der Waals surface area contributed by atoms with Crippen LogP contribution in [0.4, 0.5) is 17.7 Å². The summed E-state index contributed by atoms with van der Waals surface area (Å²) >= 11 is 0. The first-order chi connectivity index (χ1) is 11.2. The van der Waals surface area contributed by atoms with Crippen molar-refractivity contribution in [1.29, 1.82) is 0 Å². The fourth-order valence-corrected chi connectivity index (χ4v) is 2.72. The summed E-state index contributed by atoms with van der Waals surface area (Å²) in [6, 6.07) is 5.91. The van der Waals surface area contributed by atoms with Crippen molar-refractivity contribution in [2.24, 2.45) is 0 Å². The van der Waals surface area contributed by atoms with Crippen molar-refractivity contribution in [3.05, 3.63) is 24.4 Å². The Kier molecular flexibility index (Phi) is 3.23. The van der Waals surface area contributed by atoms with Crippen LogP contribution < -0.4 is 16.4 Å². The lowest BCUT2D eigenvalue weighted by atomic mass is 10.1. The SMILES string of the molecule is Nc1ncc(-c2ccc3nc(N4CCOCC4)[nH]c3c2)c(N)n1. The zero-order chi connectivity index (χ0) is 15.8. The predicted molar refractivity (Wildman–Crippen MR) is 89.0 cm³/mol. The van der Waals surface area contributed by atoms with Gasteiger partial charge in [0.15, 0.2) is 0 Å². The molecular formula is C15H17N7O. The Hall–Kier alpha value is -2.87. The summed E-state index contributed by atoms with van der Waals surface area (Å²) in [5, 5.41) is 0. The van der Waals surface area contributed by atoms with Gasteiger partial charge >= 0.3 is 0 Å². The van der Waals surface area contributed by atoms with Crippen molar-refractivity contribution in [3.63, 3.8) is 0 Å². The maximum absolute atomic E-state index is 5.94. The number of nitrogen functional groups attached to an aromatic ring is 2. The van der Waals surface area contributed by atoms with Crippen LogP contribution in [0.1, 0.15) is 0 Å². The lowest BCUT2D eigenvalue weighted by Gasteiger charge is -2.26. The summed E-state index contributed by atoms with van der Waals surface area (Å²) < 4.78 is 5.37. The Balaban J connectivity index is 1.72. The summed E-state index contributed by atoms with van der Waals surface area (Å²) in [5.74, 6) is 1.40. The second kappa shape index (κ2) is 5.40. The molecule has 1 fully saturated rings. The highest BCUT2D eigenvalue weighted by molar-refractivity contribution is 5.85. The lowest BCUT2D eigenvalue weighted by Crippen LogP contribution is -2.36. The molecule has 0 amide bonds. The molecule has 3 aromatic rings. The van der Waals surface area contributed by atoms with E-state index in [-0.39, 0.29) is 5.95 Å². The number of morpholine rings is 1. The average Bonchev–Trinajstić information content (AvgIpc) is 2.99. The fraction of sp³-hybridized carbons (Fsp3) is 0.267. The van der Waals surface area contributed by atoms with Crippen molar-refractivity contribution in [3.8, 4) is 11.1 Å². The first kappa shape index (κ1) is 13.8. The Morgan fingerprint density at radius 2 is 1.96 bits per heavy atom. The van der Waals surface area contributed by atoms with Gasteiger partial charge in [0.05, 0.1) is 24.2 Å². The number of aromatic amines is 1. The maximum atomic E-state index is 5.94. The van der Waals surface area contributed by atoms with Gasteiger partial charge in [0.25, 0.3) is 0 Å². The van der Waals surface area contributed by atoms with Crippen LogP contribution in [0.2, 0.25) is 0 Å². The van der Waals surface area contributed by atoms with E-state index in [1.807, 2.05) is 18.2 Å². The molecule has 0 saturated carbocycles. The van der Waals surface area contributed by atoms with E-state index in [2.05, 4.69) is 24.8 Å². The molecule has 0 bridgehead atoms. The number of hydrogen-bond donors (Lipinski definition) is 3. The Labute approximate surface area is 132 Å². The smallest absolute Gasteiger partial charge is 0.221 e. The number of H-pyrrole nitrogens is 1. The highest BCUT2D eigenvalue weighted by Crippen LogP contribution is 2.28. The monoisotopic (exact) mass is 311 g/mol. The normalized spacial score (nSPS) is 15.2. The maximum Gasteiger partial charge on any atom is 0.221 e. The number of hydrogen-bond acceptors (Lipinski definition) is 7. The number of rotatable bonds is 2. The number of ether oxygens (including phenoxy) is 1. The zero-order valence-electron chi connectivity index (χ0n) is 12.5. The molecule has 118 valence electrons. The second-order valence-corrected chi connectivity index (χ2v) is 5.42. The first-order valence-electron chi connectivity index (χ1n) is 7.41. The van der Waals surface area contributed by atoms with Crippen molar-refractivity contribution in [2.75, 3.05) is 42.7 Å². The number of benzene rings is 1. The third-order valence-electron chi connectivity index (χ3n) is 3.93. The number of imidazole rings is 1.